The number of carbonyl (C=O) groups is 2. The lowest BCUT2D eigenvalue weighted by atomic mass is 10.1. The van der Waals surface area contributed by atoms with Crippen molar-refractivity contribution in [2.45, 2.75) is 19.3 Å². The minimum absolute atomic E-state index is 0.197. The predicted octanol–water partition coefficient (Wildman–Crippen LogP) is 2.08. The third-order valence-corrected chi connectivity index (χ3v) is 3.55. The summed E-state index contributed by atoms with van der Waals surface area (Å²) in [6, 6.07) is 11.3. The van der Waals surface area contributed by atoms with Crippen molar-refractivity contribution < 1.29 is 14.0 Å². The number of H-pyrrole nitrogens is 1. The van der Waals surface area contributed by atoms with Gasteiger partial charge in [-0.3, -0.25) is 20.4 Å². The zero-order valence-electron chi connectivity index (χ0n) is 12.5. The van der Waals surface area contributed by atoms with Gasteiger partial charge in [0.15, 0.2) is 0 Å². The summed E-state index contributed by atoms with van der Waals surface area (Å²) in [6.07, 6.45) is 4.32. The molecule has 2 heterocycles. The molecular formula is C17H17N3O3. The topological polar surface area (TPSA) is 87.1 Å². The Morgan fingerprint density at radius 2 is 1.87 bits per heavy atom. The van der Waals surface area contributed by atoms with Crippen LogP contribution in [-0.2, 0) is 22.4 Å². The van der Waals surface area contributed by atoms with Gasteiger partial charge in [-0.2, -0.15) is 0 Å². The van der Waals surface area contributed by atoms with Gasteiger partial charge >= 0.3 is 0 Å². The maximum atomic E-state index is 11.9. The van der Waals surface area contributed by atoms with Crippen LogP contribution in [0.25, 0.3) is 10.9 Å². The van der Waals surface area contributed by atoms with Crippen molar-refractivity contribution in [3.63, 3.8) is 0 Å². The molecule has 0 aliphatic rings. The zero-order chi connectivity index (χ0) is 16.1. The van der Waals surface area contributed by atoms with E-state index in [-0.39, 0.29) is 24.7 Å². The van der Waals surface area contributed by atoms with E-state index in [0.717, 1.165) is 22.2 Å². The molecule has 0 bridgehead atoms. The first kappa shape index (κ1) is 14.9. The van der Waals surface area contributed by atoms with Gasteiger partial charge in [-0.05, 0) is 23.8 Å². The molecule has 0 aliphatic carbocycles. The summed E-state index contributed by atoms with van der Waals surface area (Å²) in [6.45, 7) is 0. The van der Waals surface area contributed by atoms with Gasteiger partial charge in [0.25, 0.3) is 0 Å². The Labute approximate surface area is 132 Å². The van der Waals surface area contributed by atoms with Crippen LogP contribution in [0.5, 0.6) is 0 Å². The molecule has 0 fully saturated rings. The van der Waals surface area contributed by atoms with Crippen LogP contribution in [0.1, 0.15) is 17.7 Å². The van der Waals surface area contributed by atoms with E-state index in [0.29, 0.717) is 6.42 Å². The summed E-state index contributed by atoms with van der Waals surface area (Å²) in [4.78, 5) is 26.7. The lowest BCUT2D eigenvalue weighted by Gasteiger charge is -2.06. The average molecular weight is 311 g/mol. The fourth-order valence-corrected chi connectivity index (χ4v) is 2.39. The third-order valence-electron chi connectivity index (χ3n) is 3.55. The summed E-state index contributed by atoms with van der Waals surface area (Å²) in [7, 11) is 0. The maximum Gasteiger partial charge on any atom is 0.242 e. The van der Waals surface area contributed by atoms with Gasteiger partial charge in [0, 0.05) is 29.9 Å². The van der Waals surface area contributed by atoms with E-state index in [1.165, 1.54) is 0 Å². The smallest absolute Gasteiger partial charge is 0.242 e. The first-order chi connectivity index (χ1) is 11.2. The summed E-state index contributed by atoms with van der Waals surface area (Å²) < 4.78 is 5.15. The highest BCUT2D eigenvalue weighted by molar-refractivity contribution is 5.89. The monoisotopic (exact) mass is 311 g/mol. The Balaban J connectivity index is 1.47. The summed E-state index contributed by atoms with van der Waals surface area (Å²) in [5, 5.41) is 1.01. The van der Waals surface area contributed by atoms with E-state index in [1.54, 1.807) is 12.3 Å². The van der Waals surface area contributed by atoms with E-state index in [1.807, 2.05) is 36.5 Å². The van der Waals surface area contributed by atoms with Gasteiger partial charge in [-0.1, -0.05) is 18.2 Å². The fourth-order valence-electron chi connectivity index (χ4n) is 2.39. The minimum atomic E-state index is -0.263. The highest BCUT2D eigenvalue weighted by Gasteiger charge is 2.10. The number of hydrogen-bond acceptors (Lipinski definition) is 3. The van der Waals surface area contributed by atoms with Gasteiger partial charge in [0.2, 0.25) is 11.8 Å². The second-order valence-corrected chi connectivity index (χ2v) is 5.21. The number of aryl methyl sites for hydroxylation is 1. The van der Waals surface area contributed by atoms with Crippen LogP contribution in [0.15, 0.2) is 53.3 Å². The molecule has 6 nitrogen and oxygen atoms in total. The van der Waals surface area contributed by atoms with Crippen LogP contribution in [0.4, 0.5) is 0 Å². The molecule has 0 saturated carbocycles. The Morgan fingerprint density at radius 1 is 1.04 bits per heavy atom. The average Bonchev–Trinajstić information content (AvgIpc) is 3.21. The van der Waals surface area contributed by atoms with Crippen molar-refractivity contribution in [3.8, 4) is 0 Å². The van der Waals surface area contributed by atoms with Crippen molar-refractivity contribution >= 4 is 22.7 Å². The molecule has 0 spiro atoms. The Kier molecular flexibility index (Phi) is 4.42. The molecule has 6 heteroatoms. The molecule has 23 heavy (non-hydrogen) atoms. The predicted molar refractivity (Wildman–Crippen MR) is 85.3 cm³/mol. The number of hydrogen-bond donors (Lipinski definition) is 3. The molecule has 1 aromatic carbocycles. The molecule has 3 aromatic rings. The van der Waals surface area contributed by atoms with Crippen molar-refractivity contribution in [1.82, 2.24) is 15.8 Å². The number of benzene rings is 1. The normalized spacial score (nSPS) is 10.6. The number of aromatic nitrogens is 1. The lowest BCUT2D eigenvalue weighted by molar-refractivity contribution is -0.128. The highest BCUT2D eigenvalue weighted by Crippen LogP contribution is 2.17. The quantitative estimate of drug-likeness (QED) is 0.630. The van der Waals surface area contributed by atoms with Crippen LogP contribution in [0, 0.1) is 0 Å². The third kappa shape index (κ3) is 3.79. The first-order valence-corrected chi connectivity index (χ1v) is 7.37. The number of carbonyl (C=O) groups excluding carboxylic acids is 2. The molecule has 0 radical (unpaired) electrons. The van der Waals surface area contributed by atoms with Gasteiger partial charge in [0.1, 0.15) is 5.76 Å². The molecular weight excluding hydrogens is 294 g/mol. The Hall–Kier alpha value is -3.02. The standard InChI is InChI=1S/C17H17N3O3/c21-16(8-7-13-4-3-9-23-13)19-20-17(22)10-12-11-18-15-6-2-1-5-14(12)15/h1-6,9,11,18H,7-8,10H2,(H,19,21)(H,20,22). The second-order valence-electron chi connectivity index (χ2n) is 5.21. The van der Waals surface area contributed by atoms with E-state index >= 15 is 0 Å². The number of para-hydroxylation sites is 1. The SMILES string of the molecule is O=C(CCc1ccco1)NNC(=O)Cc1c[nH]c2ccccc12. The minimum Gasteiger partial charge on any atom is -0.469 e. The number of furan rings is 1. The van der Waals surface area contributed by atoms with Crippen LogP contribution in [0.3, 0.4) is 0 Å². The first-order valence-electron chi connectivity index (χ1n) is 7.37. The van der Waals surface area contributed by atoms with Crippen molar-refractivity contribution in [1.29, 1.82) is 0 Å². The van der Waals surface area contributed by atoms with E-state index in [9.17, 15) is 9.59 Å². The molecule has 0 atom stereocenters. The zero-order valence-corrected chi connectivity index (χ0v) is 12.5. The van der Waals surface area contributed by atoms with E-state index < -0.39 is 0 Å². The summed E-state index contributed by atoms with van der Waals surface area (Å²) in [5.74, 6) is 0.222. The summed E-state index contributed by atoms with van der Waals surface area (Å²) >= 11 is 0. The number of nitrogens with one attached hydrogen (secondary N) is 3. The Morgan fingerprint density at radius 3 is 2.70 bits per heavy atom. The van der Waals surface area contributed by atoms with Crippen LogP contribution < -0.4 is 10.9 Å². The van der Waals surface area contributed by atoms with Crippen molar-refractivity contribution in [2.24, 2.45) is 0 Å². The molecule has 2 aromatic heterocycles. The van der Waals surface area contributed by atoms with E-state index in [2.05, 4.69) is 15.8 Å². The number of rotatable bonds is 5. The molecule has 0 unspecified atom stereocenters. The van der Waals surface area contributed by atoms with Gasteiger partial charge < -0.3 is 9.40 Å². The number of amides is 2. The summed E-state index contributed by atoms with van der Waals surface area (Å²) in [5.41, 5.74) is 6.72. The van der Waals surface area contributed by atoms with Crippen LogP contribution in [0.2, 0.25) is 0 Å². The number of fused-ring (bicyclic) bond motifs is 1. The largest absolute Gasteiger partial charge is 0.469 e. The Bertz CT molecular complexity index is 805. The molecule has 118 valence electrons. The second kappa shape index (κ2) is 6.83. The van der Waals surface area contributed by atoms with Crippen molar-refractivity contribution in [3.05, 3.63) is 60.2 Å². The maximum absolute atomic E-state index is 11.9. The molecule has 3 N–H and O–H groups in total. The highest BCUT2D eigenvalue weighted by atomic mass is 16.3. The molecule has 0 saturated heterocycles. The van der Waals surface area contributed by atoms with E-state index in [4.69, 9.17) is 4.42 Å². The van der Waals surface area contributed by atoms with Crippen LogP contribution in [-0.4, -0.2) is 16.8 Å². The lowest BCUT2D eigenvalue weighted by Crippen LogP contribution is -2.42. The van der Waals surface area contributed by atoms with Gasteiger partial charge in [0.05, 0.1) is 12.7 Å². The molecule has 2 amide bonds. The van der Waals surface area contributed by atoms with Crippen LogP contribution >= 0.6 is 0 Å². The van der Waals surface area contributed by atoms with Crippen molar-refractivity contribution in [2.75, 3.05) is 0 Å². The van der Waals surface area contributed by atoms with Gasteiger partial charge in [-0.15, -0.1) is 0 Å². The fraction of sp³-hybridized carbons (Fsp3) is 0.176. The van der Waals surface area contributed by atoms with Gasteiger partial charge in [-0.25, -0.2) is 0 Å². The molecule has 3 rings (SSSR count). The number of hydrazine groups is 1. The number of aromatic amines is 1. The molecule has 0 aliphatic heterocycles.